The first kappa shape index (κ1) is 22.5. The molecule has 0 spiro atoms. The standard InChI is InChI=1S/C22H23F3N2O4/c1-21(2,3)31-20(30)26-10-4-6-15(13-26)27-11-5-7-17(19(27)29)16-9-8-14(12-18(16)28)22(23,24)25/h5-9,11-12,28H,4,10,13H2,1-3H3. The van der Waals surface area contributed by atoms with E-state index in [1.165, 1.54) is 21.7 Å². The number of aromatic nitrogens is 1. The Morgan fingerprint density at radius 2 is 1.84 bits per heavy atom. The molecule has 0 fully saturated rings. The monoisotopic (exact) mass is 436 g/mol. The molecule has 1 aromatic heterocycles. The Morgan fingerprint density at radius 3 is 2.45 bits per heavy atom. The number of halogens is 3. The van der Waals surface area contributed by atoms with Gasteiger partial charge in [0.15, 0.2) is 0 Å². The fourth-order valence-corrected chi connectivity index (χ4v) is 3.24. The largest absolute Gasteiger partial charge is 0.507 e. The van der Waals surface area contributed by atoms with Gasteiger partial charge in [0, 0.05) is 24.0 Å². The Kier molecular flexibility index (Phi) is 5.89. The summed E-state index contributed by atoms with van der Waals surface area (Å²) in [5.74, 6) is -0.641. The maximum Gasteiger partial charge on any atom is 0.416 e. The zero-order valence-corrected chi connectivity index (χ0v) is 17.4. The molecule has 0 saturated heterocycles. The number of rotatable bonds is 2. The van der Waals surface area contributed by atoms with Crippen LogP contribution in [0.15, 0.2) is 47.4 Å². The number of pyridine rings is 1. The minimum absolute atomic E-state index is 0.00671. The molecule has 0 bridgehead atoms. The van der Waals surface area contributed by atoms with Crippen molar-refractivity contribution in [3.63, 3.8) is 0 Å². The highest BCUT2D eigenvalue weighted by molar-refractivity contribution is 5.73. The molecule has 0 unspecified atom stereocenters. The summed E-state index contributed by atoms with van der Waals surface area (Å²) in [6.07, 6.45) is -1.26. The summed E-state index contributed by atoms with van der Waals surface area (Å²) in [7, 11) is 0. The highest BCUT2D eigenvalue weighted by Gasteiger charge is 2.31. The summed E-state index contributed by atoms with van der Waals surface area (Å²) in [5, 5.41) is 10.1. The molecule has 0 aliphatic carbocycles. The van der Waals surface area contributed by atoms with E-state index in [-0.39, 0.29) is 17.7 Å². The van der Waals surface area contributed by atoms with Gasteiger partial charge in [0.1, 0.15) is 11.4 Å². The van der Waals surface area contributed by atoms with E-state index in [1.807, 2.05) is 6.08 Å². The number of carbonyl (C=O) groups is 1. The SMILES string of the molecule is CC(C)(C)OC(=O)N1CCC=C(n2cccc(-c3ccc(C(F)(F)F)cc3O)c2=O)C1. The van der Waals surface area contributed by atoms with Gasteiger partial charge in [-0.25, -0.2) is 4.79 Å². The maximum atomic E-state index is 13.1. The van der Waals surface area contributed by atoms with E-state index in [4.69, 9.17) is 4.74 Å². The quantitative estimate of drug-likeness (QED) is 0.740. The fourth-order valence-electron chi connectivity index (χ4n) is 3.24. The van der Waals surface area contributed by atoms with Crippen LogP contribution < -0.4 is 5.56 Å². The Labute approximate surface area is 177 Å². The zero-order chi connectivity index (χ0) is 23.0. The number of hydrogen-bond donors (Lipinski definition) is 1. The number of carbonyl (C=O) groups excluding carboxylic acids is 1. The van der Waals surface area contributed by atoms with Crippen molar-refractivity contribution < 1.29 is 27.8 Å². The first-order valence-corrected chi connectivity index (χ1v) is 9.66. The molecule has 166 valence electrons. The fraction of sp³-hybridized carbons (Fsp3) is 0.364. The first-order valence-electron chi connectivity index (χ1n) is 9.66. The predicted molar refractivity (Wildman–Crippen MR) is 110 cm³/mol. The summed E-state index contributed by atoms with van der Waals surface area (Å²) >= 11 is 0. The molecule has 1 amide bonds. The average Bonchev–Trinajstić information content (AvgIpc) is 2.66. The number of nitrogens with zero attached hydrogens (tertiary/aromatic N) is 2. The van der Waals surface area contributed by atoms with Crippen molar-refractivity contribution in [2.75, 3.05) is 13.1 Å². The summed E-state index contributed by atoms with van der Waals surface area (Å²) in [6.45, 7) is 5.85. The van der Waals surface area contributed by atoms with E-state index >= 15 is 0 Å². The highest BCUT2D eigenvalue weighted by Crippen LogP contribution is 2.35. The molecule has 2 heterocycles. The van der Waals surface area contributed by atoms with Crippen LogP contribution in [0.2, 0.25) is 0 Å². The third-order valence-corrected chi connectivity index (χ3v) is 4.66. The lowest BCUT2D eigenvalue weighted by Gasteiger charge is -2.30. The molecule has 2 aromatic rings. The molecule has 0 atom stereocenters. The number of alkyl halides is 3. The summed E-state index contributed by atoms with van der Waals surface area (Å²) < 4.78 is 45.3. The number of ether oxygens (including phenoxy) is 1. The molecular weight excluding hydrogens is 413 g/mol. The molecule has 1 aromatic carbocycles. The molecule has 3 rings (SSSR count). The normalized spacial score (nSPS) is 14.9. The number of phenols is 1. The summed E-state index contributed by atoms with van der Waals surface area (Å²) in [6, 6.07) is 5.46. The van der Waals surface area contributed by atoms with E-state index in [0.717, 1.165) is 12.1 Å². The van der Waals surface area contributed by atoms with Crippen LogP contribution in [0.1, 0.15) is 32.8 Å². The Morgan fingerprint density at radius 1 is 1.13 bits per heavy atom. The van der Waals surface area contributed by atoms with E-state index in [1.54, 1.807) is 26.8 Å². The van der Waals surface area contributed by atoms with Gasteiger partial charge < -0.3 is 14.7 Å². The number of phenolic OH excluding ortho intramolecular Hbond substituents is 1. The second-order valence-corrected chi connectivity index (χ2v) is 8.21. The van der Waals surface area contributed by atoms with Crippen molar-refractivity contribution in [2.45, 2.75) is 39.0 Å². The van der Waals surface area contributed by atoms with Crippen molar-refractivity contribution in [3.8, 4) is 16.9 Å². The molecule has 1 aliphatic heterocycles. The average molecular weight is 436 g/mol. The summed E-state index contributed by atoms with van der Waals surface area (Å²) in [4.78, 5) is 26.9. The zero-order valence-electron chi connectivity index (χ0n) is 17.4. The minimum Gasteiger partial charge on any atom is -0.507 e. The van der Waals surface area contributed by atoms with Gasteiger partial charge in [-0.3, -0.25) is 9.36 Å². The van der Waals surface area contributed by atoms with Gasteiger partial charge in [0.25, 0.3) is 5.56 Å². The van der Waals surface area contributed by atoms with Crippen LogP contribution in [-0.2, 0) is 10.9 Å². The highest BCUT2D eigenvalue weighted by atomic mass is 19.4. The number of benzene rings is 1. The summed E-state index contributed by atoms with van der Waals surface area (Å²) in [5.41, 5.74) is -1.61. The van der Waals surface area contributed by atoms with Crippen molar-refractivity contribution in [1.82, 2.24) is 9.47 Å². The van der Waals surface area contributed by atoms with Gasteiger partial charge in [-0.2, -0.15) is 13.2 Å². The molecule has 31 heavy (non-hydrogen) atoms. The molecule has 1 aliphatic rings. The lowest BCUT2D eigenvalue weighted by atomic mass is 10.0. The Bertz CT molecular complexity index is 1080. The van der Waals surface area contributed by atoms with Gasteiger partial charge >= 0.3 is 12.3 Å². The number of amides is 1. The molecule has 6 nitrogen and oxygen atoms in total. The van der Waals surface area contributed by atoms with Crippen LogP contribution in [0.4, 0.5) is 18.0 Å². The predicted octanol–water partition coefficient (Wildman–Crippen LogP) is 4.72. The van der Waals surface area contributed by atoms with E-state index < -0.39 is 34.7 Å². The maximum absolute atomic E-state index is 13.1. The van der Waals surface area contributed by atoms with Crippen LogP contribution in [0.5, 0.6) is 5.75 Å². The van der Waals surface area contributed by atoms with E-state index in [2.05, 4.69) is 0 Å². The van der Waals surface area contributed by atoms with Crippen LogP contribution in [0.3, 0.4) is 0 Å². The molecule has 0 radical (unpaired) electrons. The van der Waals surface area contributed by atoms with Crippen molar-refractivity contribution in [2.24, 2.45) is 0 Å². The molecule has 0 saturated carbocycles. The van der Waals surface area contributed by atoms with Gasteiger partial charge in [-0.1, -0.05) is 6.08 Å². The first-order chi connectivity index (χ1) is 14.4. The van der Waals surface area contributed by atoms with E-state index in [9.17, 15) is 27.9 Å². The van der Waals surface area contributed by atoms with Gasteiger partial charge in [0.2, 0.25) is 0 Å². The Balaban J connectivity index is 1.92. The third-order valence-electron chi connectivity index (χ3n) is 4.66. The van der Waals surface area contributed by atoms with Crippen LogP contribution >= 0.6 is 0 Å². The van der Waals surface area contributed by atoms with E-state index in [0.29, 0.717) is 24.7 Å². The minimum atomic E-state index is -4.61. The third kappa shape index (κ3) is 5.10. The van der Waals surface area contributed by atoms with Crippen molar-refractivity contribution in [1.29, 1.82) is 0 Å². The lowest BCUT2D eigenvalue weighted by Crippen LogP contribution is -2.41. The second-order valence-electron chi connectivity index (χ2n) is 8.21. The van der Waals surface area contributed by atoms with Gasteiger partial charge in [-0.05, 0) is 57.5 Å². The molecular formula is C22H23F3N2O4. The van der Waals surface area contributed by atoms with Crippen LogP contribution in [0.25, 0.3) is 16.8 Å². The topological polar surface area (TPSA) is 71.8 Å². The Hall–Kier alpha value is -3.23. The van der Waals surface area contributed by atoms with Crippen molar-refractivity contribution in [3.05, 3.63) is 58.5 Å². The second kappa shape index (κ2) is 8.13. The smallest absolute Gasteiger partial charge is 0.416 e. The van der Waals surface area contributed by atoms with Gasteiger partial charge in [-0.15, -0.1) is 0 Å². The molecule has 1 N–H and O–H groups in total. The van der Waals surface area contributed by atoms with Crippen LogP contribution in [-0.4, -0.2) is 39.4 Å². The number of aromatic hydroxyl groups is 1. The molecule has 9 heteroatoms. The van der Waals surface area contributed by atoms with Crippen molar-refractivity contribution >= 4 is 11.8 Å². The lowest BCUT2D eigenvalue weighted by molar-refractivity contribution is -0.137. The van der Waals surface area contributed by atoms with Crippen LogP contribution in [0, 0.1) is 0 Å². The van der Waals surface area contributed by atoms with Gasteiger partial charge in [0.05, 0.1) is 17.7 Å². The number of hydrogen-bond acceptors (Lipinski definition) is 4.